The van der Waals surface area contributed by atoms with Gasteiger partial charge in [0.1, 0.15) is 0 Å². The number of rotatable bonds is 3. The topological polar surface area (TPSA) is 29.1 Å². The molecule has 14 heavy (non-hydrogen) atoms. The zero-order valence-electron chi connectivity index (χ0n) is 7.97. The van der Waals surface area contributed by atoms with Crippen molar-refractivity contribution in [2.75, 3.05) is 7.05 Å². The van der Waals surface area contributed by atoms with Crippen LogP contribution in [0.4, 0.5) is 0 Å². The molecule has 0 spiro atoms. The van der Waals surface area contributed by atoms with Crippen LogP contribution in [0.5, 0.6) is 0 Å². The quantitative estimate of drug-likeness (QED) is 0.868. The van der Waals surface area contributed by atoms with E-state index in [1.165, 1.54) is 6.92 Å². The van der Waals surface area contributed by atoms with E-state index in [-0.39, 0.29) is 11.8 Å². The van der Waals surface area contributed by atoms with Gasteiger partial charge in [-0.05, 0) is 31.7 Å². The van der Waals surface area contributed by atoms with Crippen molar-refractivity contribution in [1.29, 1.82) is 0 Å². The molecule has 1 atom stereocenters. The van der Waals surface area contributed by atoms with Gasteiger partial charge in [0.25, 0.3) is 0 Å². The lowest BCUT2D eigenvalue weighted by molar-refractivity contribution is -0.119. The van der Waals surface area contributed by atoms with E-state index in [4.69, 9.17) is 23.2 Å². The minimum absolute atomic E-state index is 0.0471. The molecule has 1 N–H and O–H groups in total. The van der Waals surface area contributed by atoms with Gasteiger partial charge in [-0.2, -0.15) is 0 Å². The maximum absolute atomic E-state index is 11.2. The van der Waals surface area contributed by atoms with Gasteiger partial charge in [0.05, 0.1) is 16.1 Å². The Labute approximate surface area is 93.2 Å². The highest BCUT2D eigenvalue weighted by Crippen LogP contribution is 2.25. The van der Waals surface area contributed by atoms with Crippen molar-refractivity contribution < 1.29 is 4.79 Å². The van der Waals surface area contributed by atoms with E-state index in [0.29, 0.717) is 10.0 Å². The molecule has 0 aliphatic rings. The highest BCUT2D eigenvalue weighted by Gasteiger charge is 2.14. The fourth-order valence-corrected chi connectivity index (χ4v) is 1.60. The Morgan fingerprint density at radius 3 is 2.43 bits per heavy atom. The molecule has 1 aromatic rings. The molecule has 2 nitrogen and oxygen atoms in total. The zero-order chi connectivity index (χ0) is 10.7. The van der Waals surface area contributed by atoms with Crippen LogP contribution in [-0.2, 0) is 4.79 Å². The van der Waals surface area contributed by atoms with Crippen molar-refractivity contribution >= 4 is 29.0 Å². The molecule has 76 valence electrons. The van der Waals surface area contributed by atoms with Crippen molar-refractivity contribution in [1.82, 2.24) is 5.32 Å². The predicted molar refractivity (Wildman–Crippen MR) is 58.9 cm³/mol. The first kappa shape index (κ1) is 11.5. The lowest BCUT2D eigenvalue weighted by Gasteiger charge is -2.13. The van der Waals surface area contributed by atoms with Gasteiger partial charge in [-0.1, -0.05) is 29.3 Å². The number of hydrogen-bond acceptors (Lipinski definition) is 2. The van der Waals surface area contributed by atoms with Crippen LogP contribution in [0.1, 0.15) is 18.5 Å². The molecule has 0 bridgehead atoms. The van der Waals surface area contributed by atoms with E-state index in [0.717, 1.165) is 5.56 Å². The lowest BCUT2D eigenvalue weighted by Crippen LogP contribution is -2.23. The molecule has 0 aliphatic carbocycles. The normalized spacial score (nSPS) is 12.6. The van der Waals surface area contributed by atoms with Crippen molar-refractivity contribution in [2.45, 2.75) is 13.0 Å². The van der Waals surface area contributed by atoms with Crippen molar-refractivity contribution in [3.05, 3.63) is 33.8 Å². The number of benzene rings is 1. The lowest BCUT2D eigenvalue weighted by atomic mass is 10.0. The number of nitrogens with one attached hydrogen (secondary N) is 1. The van der Waals surface area contributed by atoms with Crippen molar-refractivity contribution in [2.24, 2.45) is 0 Å². The van der Waals surface area contributed by atoms with Crippen LogP contribution in [0.15, 0.2) is 18.2 Å². The minimum Gasteiger partial charge on any atom is -0.307 e. The SMILES string of the molecule is CNC(C(C)=O)c1ccc(Cl)c(Cl)c1. The van der Waals surface area contributed by atoms with Crippen LogP contribution in [0.2, 0.25) is 10.0 Å². The third-order valence-electron chi connectivity index (χ3n) is 1.97. The van der Waals surface area contributed by atoms with Crippen LogP contribution >= 0.6 is 23.2 Å². The highest BCUT2D eigenvalue weighted by atomic mass is 35.5. The van der Waals surface area contributed by atoms with Gasteiger partial charge in [0.15, 0.2) is 5.78 Å². The van der Waals surface area contributed by atoms with E-state index in [9.17, 15) is 4.79 Å². The first-order chi connectivity index (χ1) is 6.56. The second-order valence-corrected chi connectivity index (χ2v) is 3.82. The first-order valence-corrected chi connectivity index (χ1v) is 4.94. The fourth-order valence-electron chi connectivity index (χ4n) is 1.30. The summed E-state index contributed by atoms with van der Waals surface area (Å²) in [5.41, 5.74) is 0.828. The molecule has 0 saturated carbocycles. The third-order valence-corrected chi connectivity index (χ3v) is 2.71. The molecule has 0 aromatic heterocycles. The van der Waals surface area contributed by atoms with Crippen LogP contribution in [0, 0.1) is 0 Å². The number of halogens is 2. The predicted octanol–water partition coefficient (Wildman–Crippen LogP) is 2.84. The third kappa shape index (κ3) is 2.47. The Balaban J connectivity index is 3.06. The molecule has 0 aliphatic heterocycles. The summed E-state index contributed by atoms with van der Waals surface area (Å²) in [6.07, 6.45) is 0. The fraction of sp³-hybridized carbons (Fsp3) is 0.300. The van der Waals surface area contributed by atoms with Crippen LogP contribution in [-0.4, -0.2) is 12.8 Å². The summed E-state index contributed by atoms with van der Waals surface area (Å²) in [6, 6.07) is 4.86. The number of carbonyl (C=O) groups is 1. The van der Waals surface area contributed by atoms with Gasteiger partial charge in [0.2, 0.25) is 0 Å². The van der Waals surface area contributed by atoms with Gasteiger partial charge in [-0.3, -0.25) is 4.79 Å². The minimum atomic E-state index is -0.315. The summed E-state index contributed by atoms with van der Waals surface area (Å²) in [6.45, 7) is 1.53. The first-order valence-electron chi connectivity index (χ1n) is 4.19. The molecule has 1 aromatic carbocycles. The van der Waals surface area contributed by atoms with Gasteiger partial charge in [-0.25, -0.2) is 0 Å². The summed E-state index contributed by atoms with van der Waals surface area (Å²) >= 11 is 11.6. The standard InChI is InChI=1S/C10H11Cl2NO/c1-6(14)10(13-2)7-3-4-8(11)9(12)5-7/h3-5,10,13H,1-2H3. The van der Waals surface area contributed by atoms with Crippen molar-refractivity contribution in [3.63, 3.8) is 0 Å². The second-order valence-electron chi connectivity index (χ2n) is 3.01. The van der Waals surface area contributed by atoms with Gasteiger partial charge in [-0.15, -0.1) is 0 Å². The largest absolute Gasteiger partial charge is 0.307 e. The number of ketones is 1. The zero-order valence-corrected chi connectivity index (χ0v) is 9.49. The average molecular weight is 232 g/mol. The van der Waals surface area contributed by atoms with Crippen molar-refractivity contribution in [3.8, 4) is 0 Å². The molecule has 4 heteroatoms. The highest BCUT2D eigenvalue weighted by molar-refractivity contribution is 6.42. The second kappa shape index (κ2) is 4.78. The van der Waals surface area contributed by atoms with Gasteiger partial charge >= 0.3 is 0 Å². The van der Waals surface area contributed by atoms with Gasteiger partial charge < -0.3 is 5.32 Å². The Morgan fingerprint density at radius 1 is 1.36 bits per heavy atom. The Hall–Kier alpha value is -0.570. The monoisotopic (exact) mass is 231 g/mol. The summed E-state index contributed by atoms with van der Waals surface area (Å²) in [5.74, 6) is 0.0471. The average Bonchev–Trinajstić information content (AvgIpc) is 2.11. The van der Waals surface area contributed by atoms with Crippen LogP contribution in [0.25, 0.3) is 0 Å². The molecule has 0 radical (unpaired) electrons. The van der Waals surface area contributed by atoms with Crippen LogP contribution < -0.4 is 5.32 Å². The van der Waals surface area contributed by atoms with E-state index in [1.807, 2.05) is 0 Å². The summed E-state index contributed by atoms with van der Waals surface area (Å²) in [4.78, 5) is 11.2. The molecular formula is C10H11Cl2NO. The van der Waals surface area contributed by atoms with E-state index >= 15 is 0 Å². The number of hydrogen-bond donors (Lipinski definition) is 1. The van der Waals surface area contributed by atoms with Gasteiger partial charge in [0, 0.05) is 0 Å². The Kier molecular flexibility index (Phi) is 3.93. The molecular weight excluding hydrogens is 221 g/mol. The summed E-state index contributed by atoms with van der Waals surface area (Å²) in [7, 11) is 1.73. The van der Waals surface area contributed by atoms with E-state index in [1.54, 1.807) is 25.2 Å². The molecule has 0 fully saturated rings. The summed E-state index contributed by atoms with van der Waals surface area (Å²) < 4.78 is 0. The maximum Gasteiger partial charge on any atom is 0.151 e. The van der Waals surface area contributed by atoms with Crippen LogP contribution in [0.3, 0.4) is 0 Å². The van der Waals surface area contributed by atoms with E-state index in [2.05, 4.69) is 5.32 Å². The van der Waals surface area contributed by atoms with E-state index < -0.39 is 0 Å². The Morgan fingerprint density at radius 2 is 2.00 bits per heavy atom. The molecule has 0 amide bonds. The maximum atomic E-state index is 11.2. The number of Topliss-reactive ketones (excluding diaryl/α,β-unsaturated/α-hetero) is 1. The molecule has 0 saturated heterocycles. The number of carbonyl (C=O) groups excluding carboxylic acids is 1. The Bertz CT molecular complexity index is 352. The molecule has 0 heterocycles. The number of likely N-dealkylation sites (N-methyl/N-ethyl adjacent to an activating group) is 1. The smallest absolute Gasteiger partial charge is 0.151 e. The molecule has 1 unspecified atom stereocenters. The molecule has 1 rings (SSSR count). The summed E-state index contributed by atoms with van der Waals surface area (Å²) in [5, 5.41) is 3.87.